The average Bonchev–Trinajstić information content (AvgIpc) is 3.37. The molecule has 0 aromatic rings. The van der Waals surface area contributed by atoms with Crippen LogP contribution in [0.3, 0.4) is 0 Å². The lowest BCUT2D eigenvalue weighted by molar-refractivity contribution is -0.297. The van der Waals surface area contributed by atoms with E-state index in [0.29, 0.717) is 6.42 Å². The zero-order chi connectivity index (χ0) is 34.7. The van der Waals surface area contributed by atoms with Crippen LogP contribution in [0, 0.1) is 17.8 Å². The van der Waals surface area contributed by atoms with Crippen LogP contribution in [0.5, 0.6) is 0 Å². The minimum absolute atomic E-state index is 0.169. The van der Waals surface area contributed by atoms with Crippen LogP contribution in [-0.2, 0) is 52.3 Å². The quantitative estimate of drug-likeness (QED) is 0.252. The van der Waals surface area contributed by atoms with Crippen molar-refractivity contribution < 1.29 is 57.1 Å². The molecule has 3 heterocycles. The third kappa shape index (κ3) is 8.36. The fraction of sp³-hybridized carbons (Fsp3) is 0.844. The van der Waals surface area contributed by atoms with E-state index in [1.165, 1.54) is 21.0 Å². The first kappa shape index (κ1) is 37.6. The van der Waals surface area contributed by atoms with Gasteiger partial charge in [0.15, 0.2) is 30.4 Å². The van der Waals surface area contributed by atoms with Crippen LogP contribution in [0.15, 0.2) is 0 Å². The lowest BCUT2D eigenvalue weighted by Gasteiger charge is -2.47. The maximum absolute atomic E-state index is 14.1. The molecule has 0 saturated carbocycles. The van der Waals surface area contributed by atoms with Crippen molar-refractivity contribution in [2.24, 2.45) is 17.8 Å². The molecule has 1 amide bonds. The normalized spacial score (nSPS) is 41.3. The molecule has 0 spiro atoms. The Morgan fingerprint density at radius 1 is 1.00 bits per heavy atom. The highest BCUT2D eigenvalue weighted by atomic mass is 16.8. The van der Waals surface area contributed by atoms with Crippen molar-refractivity contribution in [2.75, 3.05) is 21.2 Å². The second-order valence-electron chi connectivity index (χ2n) is 13.3. The first-order valence-electron chi connectivity index (χ1n) is 16.1. The summed E-state index contributed by atoms with van der Waals surface area (Å²) in [5.41, 5.74) is -1.23. The van der Waals surface area contributed by atoms with Crippen molar-refractivity contribution >= 4 is 29.8 Å². The topological polar surface area (TPSA) is 165 Å². The highest BCUT2D eigenvalue weighted by Crippen LogP contribution is 2.37. The molecule has 3 saturated heterocycles. The van der Waals surface area contributed by atoms with E-state index in [1.54, 1.807) is 34.6 Å². The van der Waals surface area contributed by atoms with Gasteiger partial charge in [-0.15, -0.1) is 0 Å². The molecule has 1 N–H and O–H groups in total. The van der Waals surface area contributed by atoms with Gasteiger partial charge in [0.2, 0.25) is 5.91 Å². The van der Waals surface area contributed by atoms with Crippen LogP contribution in [0.2, 0.25) is 0 Å². The molecule has 14 nitrogen and oxygen atoms in total. The predicted molar refractivity (Wildman–Crippen MR) is 162 cm³/mol. The number of carbonyl (C=O) groups excluding carboxylic acids is 5. The van der Waals surface area contributed by atoms with Crippen LogP contribution in [0.1, 0.15) is 74.7 Å². The molecule has 0 bridgehead atoms. The monoisotopic (exact) mass is 656 g/mol. The van der Waals surface area contributed by atoms with Crippen molar-refractivity contribution in [1.29, 1.82) is 0 Å². The molecular weight excluding hydrogens is 604 g/mol. The molecule has 3 fully saturated rings. The predicted octanol–water partition coefficient (Wildman–Crippen LogP) is 2.39. The highest BCUT2D eigenvalue weighted by Gasteiger charge is 2.52. The third-order valence-corrected chi connectivity index (χ3v) is 9.42. The number of nitrogens with one attached hydrogen (secondary N) is 1. The SMILES string of the molecule is CC[C@H]1OC(=O)[C@H](C)C(=O)[C@H](C)[C@@H](O[C@@H]2O[C@H](C)C[C@@H](N(C)C)[C@H]2OC(C)=O)[C@](C)(OC)C[C@@H](C)NC(=O)[C@H](C)[C@H]2OC(=O)O[C@@H]21. The van der Waals surface area contributed by atoms with Crippen molar-refractivity contribution in [3.8, 4) is 0 Å². The smallest absolute Gasteiger partial charge is 0.458 e. The van der Waals surface area contributed by atoms with Gasteiger partial charge >= 0.3 is 18.1 Å². The van der Waals surface area contributed by atoms with Crippen LogP contribution in [0.25, 0.3) is 0 Å². The number of hydrogen-bond donors (Lipinski definition) is 1. The number of methoxy groups -OCH3 is 1. The van der Waals surface area contributed by atoms with Crippen molar-refractivity contribution in [2.45, 2.75) is 135 Å². The molecule has 0 unspecified atom stereocenters. The van der Waals surface area contributed by atoms with Gasteiger partial charge in [-0.2, -0.15) is 0 Å². The lowest BCUT2D eigenvalue weighted by Crippen LogP contribution is -2.60. The summed E-state index contributed by atoms with van der Waals surface area (Å²) < 4.78 is 41.1. The maximum atomic E-state index is 14.1. The van der Waals surface area contributed by atoms with E-state index >= 15 is 0 Å². The fourth-order valence-electron chi connectivity index (χ4n) is 6.74. The van der Waals surface area contributed by atoms with Crippen LogP contribution >= 0.6 is 0 Å². The Kier molecular flexibility index (Phi) is 12.6. The number of nitrogens with zero attached hydrogens (tertiary/aromatic N) is 1. The average molecular weight is 657 g/mol. The Morgan fingerprint density at radius 2 is 1.63 bits per heavy atom. The third-order valence-electron chi connectivity index (χ3n) is 9.42. The number of amides is 1. The van der Waals surface area contributed by atoms with E-state index in [2.05, 4.69) is 5.32 Å². The van der Waals surface area contributed by atoms with Gasteiger partial charge in [0.25, 0.3) is 0 Å². The van der Waals surface area contributed by atoms with Gasteiger partial charge in [-0.1, -0.05) is 13.8 Å². The minimum atomic E-state index is -1.24. The molecule has 0 radical (unpaired) electrons. The summed E-state index contributed by atoms with van der Waals surface area (Å²) in [7, 11) is 5.21. The molecule has 13 atom stereocenters. The van der Waals surface area contributed by atoms with E-state index < -0.39 is 96.0 Å². The van der Waals surface area contributed by atoms with Gasteiger partial charge in [0.05, 0.1) is 29.8 Å². The highest BCUT2D eigenvalue weighted by molar-refractivity contribution is 6.00. The van der Waals surface area contributed by atoms with Gasteiger partial charge in [0.1, 0.15) is 12.0 Å². The second-order valence-corrected chi connectivity index (χ2v) is 13.3. The Labute approximate surface area is 271 Å². The molecule has 0 aliphatic carbocycles. The minimum Gasteiger partial charge on any atom is -0.458 e. The molecule has 0 aromatic heterocycles. The molecule has 3 rings (SSSR count). The first-order chi connectivity index (χ1) is 21.4. The van der Waals surface area contributed by atoms with Gasteiger partial charge < -0.3 is 43.4 Å². The summed E-state index contributed by atoms with van der Waals surface area (Å²) >= 11 is 0. The van der Waals surface area contributed by atoms with Crippen molar-refractivity contribution in [3.05, 3.63) is 0 Å². The number of ketones is 1. The number of carbonyl (C=O) groups is 5. The molecule has 14 heteroatoms. The largest absolute Gasteiger partial charge is 0.509 e. The molecule has 46 heavy (non-hydrogen) atoms. The Balaban J connectivity index is 2.07. The summed E-state index contributed by atoms with van der Waals surface area (Å²) in [6, 6.07) is -0.771. The standard InChI is InChI=1S/C32H52N2O12/c1-12-22-26-24(44-31(39)45-26)19(6)28(37)33-15(2)14-32(8,40-11)27(17(4)23(36)18(5)29(38)43-22)46-30-25(42-20(7)35)21(34(9)10)13-16(3)41-30/h15-19,21-22,24-27,30H,12-14H2,1-11H3,(H,33,37)/t15-,16-,17+,18-,19-,21-,22-,24-,25-,26-,27-,30+,32-/m1/s1. The number of Topliss-reactive ketones (excluding diaryl/α,β-unsaturated/α-hetero) is 1. The number of likely N-dealkylation sites (N-methyl/N-ethyl adjacent to an activating group) is 1. The van der Waals surface area contributed by atoms with Gasteiger partial charge in [-0.25, -0.2) is 4.79 Å². The second kappa shape index (κ2) is 15.4. The summed E-state index contributed by atoms with van der Waals surface area (Å²) in [6.45, 7) is 13.1. The number of fused-ring (bicyclic) bond motifs is 1. The van der Waals surface area contributed by atoms with E-state index in [9.17, 15) is 24.0 Å². The molecule has 262 valence electrons. The summed E-state index contributed by atoms with van der Waals surface area (Å²) in [5.74, 6) is -5.30. The summed E-state index contributed by atoms with van der Waals surface area (Å²) in [4.78, 5) is 67.2. The Morgan fingerprint density at radius 3 is 2.20 bits per heavy atom. The van der Waals surface area contributed by atoms with Gasteiger partial charge in [-0.3, -0.25) is 19.2 Å². The summed E-state index contributed by atoms with van der Waals surface area (Å²) in [6.07, 6.45) is -6.26. The molecule has 3 aliphatic heterocycles. The molecule has 0 aromatic carbocycles. The van der Waals surface area contributed by atoms with Crippen molar-refractivity contribution in [3.63, 3.8) is 0 Å². The fourth-order valence-corrected chi connectivity index (χ4v) is 6.74. The Hall–Kier alpha value is -2.81. The maximum Gasteiger partial charge on any atom is 0.509 e. The van der Waals surface area contributed by atoms with E-state index in [1.807, 2.05) is 25.9 Å². The number of esters is 2. The van der Waals surface area contributed by atoms with E-state index in [4.69, 9.17) is 33.2 Å². The number of ether oxygens (including phenoxy) is 7. The van der Waals surface area contributed by atoms with E-state index in [-0.39, 0.29) is 25.0 Å². The van der Waals surface area contributed by atoms with Crippen LogP contribution in [0.4, 0.5) is 4.79 Å². The lowest BCUT2D eigenvalue weighted by atomic mass is 9.79. The van der Waals surface area contributed by atoms with E-state index in [0.717, 1.165) is 0 Å². The number of rotatable bonds is 6. The van der Waals surface area contributed by atoms with Crippen LogP contribution < -0.4 is 5.32 Å². The number of cyclic esters (lactones) is 1. The van der Waals surface area contributed by atoms with Crippen molar-refractivity contribution in [1.82, 2.24) is 10.2 Å². The number of hydrogen-bond acceptors (Lipinski definition) is 13. The Bertz CT molecular complexity index is 1130. The summed E-state index contributed by atoms with van der Waals surface area (Å²) in [5, 5.41) is 2.96. The van der Waals surface area contributed by atoms with Gasteiger partial charge in [-0.05, 0) is 68.0 Å². The zero-order valence-electron chi connectivity index (χ0n) is 28.9. The first-order valence-corrected chi connectivity index (χ1v) is 16.1. The molecular formula is C32H52N2O12. The zero-order valence-corrected chi connectivity index (χ0v) is 28.9. The van der Waals surface area contributed by atoms with Gasteiger partial charge in [0, 0.05) is 26.0 Å². The van der Waals surface area contributed by atoms with Crippen LogP contribution in [-0.4, -0.2) is 116 Å². The molecule has 3 aliphatic rings.